The molecule has 2 saturated heterocycles. The van der Waals surface area contributed by atoms with E-state index in [1.54, 1.807) is 39.8 Å². The minimum atomic E-state index is -2.15. The maximum atomic E-state index is 14.0. The third-order valence-electron chi connectivity index (χ3n) is 9.91. The Hall–Kier alpha value is -2.56. The molecule has 48 heavy (non-hydrogen) atoms. The molecule has 3 heterocycles. The zero-order chi connectivity index (χ0) is 36.1. The maximum absolute atomic E-state index is 14.0. The van der Waals surface area contributed by atoms with Crippen LogP contribution in [0, 0.1) is 17.8 Å². The van der Waals surface area contributed by atoms with Crippen molar-refractivity contribution in [2.75, 3.05) is 21.2 Å². The van der Waals surface area contributed by atoms with Crippen LogP contribution in [-0.2, 0) is 28.5 Å². The molecule has 1 unspecified atom stereocenters. The van der Waals surface area contributed by atoms with Crippen molar-refractivity contribution in [3.8, 4) is 0 Å². The van der Waals surface area contributed by atoms with E-state index in [0.717, 1.165) is 0 Å². The number of hydrogen-bond donors (Lipinski definition) is 4. The second-order valence-electron chi connectivity index (χ2n) is 13.9. The Labute approximate surface area is 283 Å². The third-order valence-corrected chi connectivity index (χ3v) is 9.91. The van der Waals surface area contributed by atoms with E-state index >= 15 is 0 Å². The number of carbonyl (C=O) groups excluding carboxylic acids is 2. The molecule has 272 valence electrons. The van der Waals surface area contributed by atoms with Gasteiger partial charge in [0.2, 0.25) is 0 Å². The van der Waals surface area contributed by atoms with Crippen molar-refractivity contribution in [2.24, 2.45) is 28.0 Å². The number of Topliss-reactive ketones (excluding diaryl/α,β-unsaturated/α-hetero) is 1. The van der Waals surface area contributed by atoms with Crippen molar-refractivity contribution in [2.45, 2.75) is 128 Å². The number of nitrogens with zero attached hydrogens (tertiary/aromatic N) is 3. The summed E-state index contributed by atoms with van der Waals surface area (Å²) in [7, 11) is 5.14. The average Bonchev–Trinajstić information content (AvgIpc) is 3.56. The van der Waals surface area contributed by atoms with Crippen molar-refractivity contribution in [3.05, 3.63) is 24.2 Å². The van der Waals surface area contributed by atoms with Gasteiger partial charge < -0.3 is 48.7 Å². The molecule has 0 spiro atoms. The summed E-state index contributed by atoms with van der Waals surface area (Å²) >= 11 is 0. The lowest BCUT2D eigenvalue weighted by atomic mass is 9.75. The van der Waals surface area contributed by atoms with Crippen LogP contribution in [0.2, 0.25) is 0 Å². The highest BCUT2D eigenvalue weighted by Crippen LogP contribution is 2.38. The Kier molecular flexibility index (Phi) is 13.6. The second-order valence-corrected chi connectivity index (χ2v) is 13.9. The Bertz CT molecular complexity index is 1270. The van der Waals surface area contributed by atoms with Crippen molar-refractivity contribution in [1.29, 1.82) is 0 Å². The molecular weight excluding hydrogens is 626 g/mol. The summed E-state index contributed by atoms with van der Waals surface area (Å²) in [6, 6.07) is 3.03. The molecule has 0 amide bonds. The standard InChI is InChI=1S/C34H55N3O11/c1-11-24-34(7,43)29(41)28(40)25(36-35-17-22-13-12-14-45-22)18(2)16-33(6,44-10)30(20(4)26(38)21(5)31(42)47-24)48-32-27(39)23(37(8)9)15-19(3)46-32/h12-14,17-21,23-24,27-30,32,39-41,43H,11,15-16H2,1-10H3/b35-17-,36-25-/t18-,19-,20+,21-,23+,24-,27-,28+,29-,30?,32+,33-,34-/m1/s1. The molecule has 14 nitrogen and oxygen atoms in total. The quantitative estimate of drug-likeness (QED) is 0.142. The second kappa shape index (κ2) is 16.4. The van der Waals surface area contributed by atoms with Gasteiger partial charge in [-0.3, -0.25) is 9.59 Å². The predicted molar refractivity (Wildman–Crippen MR) is 176 cm³/mol. The van der Waals surface area contributed by atoms with Crippen LogP contribution in [0.1, 0.15) is 73.5 Å². The fraction of sp³-hybridized carbons (Fsp3) is 0.765. The summed E-state index contributed by atoms with van der Waals surface area (Å²) in [5.74, 6) is -4.04. The molecule has 0 saturated carbocycles. The molecule has 2 fully saturated rings. The van der Waals surface area contributed by atoms with E-state index < -0.39 is 77.5 Å². The van der Waals surface area contributed by atoms with E-state index in [1.165, 1.54) is 33.4 Å². The fourth-order valence-corrected chi connectivity index (χ4v) is 6.77. The summed E-state index contributed by atoms with van der Waals surface area (Å²) in [6.07, 6.45) is -5.10. The normalized spacial score (nSPS) is 41.9. The zero-order valence-electron chi connectivity index (χ0n) is 29.8. The number of aliphatic hydroxyl groups is 4. The first kappa shape index (κ1) is 39.9. The Balaban J connectivity index is 2.17. The van der Waals surface area contributed by atoms with Gasteiger partial charge in [0.15, 0.2) is 12.1 Å². The molecule has 4 N–H and O–H groups in total. The predicted octanol–water partition coefficient (Wildman–Crippen LogP) is 1.95. The van der Waals surface area contributed by atoms with Crippen LogP contribution in [0.4, 0.5) is 0 Å². The van der Waals surface area contributed by atoms with Crippen LogP contribution in [0.15, 0.2) is 33.0 Å². The number of methoxy groups -OCH3 is 1. The number of aliphatic hydroxyl groups excluding tert-OH is 3. The van der Waals surface area contributed by atoms with Gasteiger partial charge >= 0.3 is 5.97 Å². The van der Waals surface area contributed by atoms with Gasteiger partial charge in [-0.2, -0.15) is 10.2 Å². The number of hydrogen-bond acceptors (Lipinski definition) is 14. The molecular formula is C34H55N3O11. The molecule has 13 atom stereocenters. The first-order chi connectivity index (χ1) is 22.4. The van der Waals surface area contributed by atoms with Gasteiger partial charge in [0.25, 0.3) is 0 Å². The molecule has 1 aromatic rings. The van der Waals surface area contributed by atoms with Crippen LogP contribution >= 0.6 is 0 Å². The van der Waals surface area contributed by atoms with Crippen LogP contribution in [0.3, 0.4) is 0 Å². The van der Waals surface area contributed by atoms with Gasteiger partial charge in [0.1, 0.15) is 41.7 Å². The molecule has 3 rings (SSSR count). The molecule has 14 heteroatoms. The molecule has 2 aliphatic rings. The van der Waals surface area contributed by atoms with Gasteiger partial charge in [-0.05, 0) is 73.2 Å². The Morgan fingerprint density at radius 2 is 1.79 bits per heavy atom. The van der Waals surface area contributed by atoms with Crippen molar-refractivity contribution < 1.29 is 53.4 Å². The number of ketones is 1. The lowest BCUT2D eigenvalue weighted by molar-refractivity contribution is -0.295. The van der Waals surface area contributed by atoms with Crippen LogP contribution < -0.4 is 0 Å². The van der Waals surface area contributed by atoms with Crippen molar-refractivity contribution in [3.63, 3.8) is 0 Å². The number of ether oxygens (including phenoxy) is 4. The minimum absolute atomic E-state index is 0.0200. The summed E-state index contributed by atoms with van der Waals surface area (Å²) in [6.45, 7) is 11.2. The molecule has 1 aromatic heterocycles. The van der Waals surface area contributed by atoms with E-state index in [9.17, 15) is 30.0 Å². The smallest absolute Gasteiger partial charge is 0.316 e. The Morgan fingerprint density at radius 1 is 1.12 bits per heavy atom. The lowest BCUT2D eigenvalue weighted by Crippen LogP contribution is -2.60. The monoisotopic (exact) mass is 681 g/mol. The molecule has 0 radical (unpaired) electrons. The van der Waals surface area contributed by atoms with E-state index in [4.69, 9.17) is 23.4 Å². The SMILES string of the molecule is CC[C@H]1OC(=O)[C@H](C)C(=O)[C@H](C)C(O[C@@H]2O[C@H](C)C[C@H](N(C)C)[C@H]2O)[C@](C)(OC)C[C@@H](C)/C(=N/N=C\c2ccco2)[C@H](O)[C@@H](O)[C@]1(C)O. The van der Waals surface area contributed by atoms with Crippen molar-refractivity contribution >= 4 is 23.7 Å². The number of furan rings is 1. The topological polar surface area (TPSA) is 193 Å². The zero-order valence-corrected chi connectivity index (χ0v) is 29.8. The van der Waals surface area contributed by atoms with Gasteiger partial charge in [0.05, 0.1) is 36.0 Å². The van der Waals surface area contributed by atoms with E-state index in [1.807, 2.05) is 25.9 Å². The summed E-state index contributed by atoms with van der Waals surface area (Å²) in [4.78, 5) is 29.3. The van der Waals surface area contributed by atoms with E-state index in [2.05, 4.69) is 10.2 Å². The summed E-state index contributed by atoms with van der Waals surface area (Å²) < 4.78 is 29.6. The van der Waals surface area contributed by atoms with E-state index in [-0.39, 0.29) is 30.7 Å². The first-order valence-electron chi connectivity index (χ1n) is 16.6. The largest absolute Gasteiger partial charge is 0.463 e. The number of carbonyl (C=O) groups is 2. The molecule has 0 aliphatic carbocycles. The Morgan fingerprint density at radius 3 is 2.35 bits per heavy atom. The maximum Gasteiger partial charge on any atom is 0.316 e. The van der Waals surface area contributed by atoms with Crippen LogP contribution in [0.5, 0.6) is 0 Å². The number of likely N-dealkylation sites (N-methyl/N-ethyl adjacent to an activating group) is 1. The summed E-state index contributed by atoms with van der Waals surface area (Å²) in [5.41, 5.74) is -3.50. The number of cyclic esters (lactones) is 1. The fourth-order valence-electron chi connectivity index (χ4n) is 6.77. The summed E-state index contributed by atoms with van der Waals surface area (Å²) in [5, 5.41) is 54.2. The molecule has 0 aromatic carbocycles. The van der Waals surface area contributed by atoms with Gasteiger partial charge in [0, 0.05) is 25.0 Å². The van der Waals surface area contributed by atoms with E-state index in [0.29, 0.717) is 12.2 Å². The van der Waals surface area contributed by atoms with Crippen LogP contribution in [0.25, 0.3) is 0 Å². The average molecular weight is 682 g/mol. The van der Waals surface area contributed by atoms with Gasteiger partial charge in [-0.25, -0.2) is 0 Å². The molecule has 0 bridgehead atoms. The number of esters is 1. The third kappa shape index (κ3) is 8.77. The first-order valence-corrected chi connectivity index (χ1v) is 16.6. The highest BCUT2D eigenvalue weighted by molar-refractivity contribution is 6.00. The van der Waals surface area contributed by atoms with Crippen molar-refractivity contribution in [1.82, 2.24) is 4.90 Å². The highest BCUT2D eigenvalue weighted by Gasteiger charge is 2.52. The highest BCUT2D eigenvalue weighted by atomic mass is 16.7. The van der Waals surface area contributed by atoms with Gasteiger partial charge in [-0.1, -0.05) is 20.8 Å². The lowest BCUT2D eigenvalue weighted by Gasteiger charge is -2.47. The molecule has 2 aliphatic heterocycles. The van der Waals surface area contributed by atoms with Gasteiger partial charge in [-0.15, -0.1) is 0 Å². The van der Waals surface area contributed by atoms with Crippen LogP contribution in [-0.4, -0.2) is 130 Å². The minimum Gasteiger partial charge on any atom is -0.463 e. The number of rotatable bonds is 7.